The van der Waals surface area contributed by atoms with Gasteiger partial charge in [-0.3, -0.25) is 0 Å². The molecule has 0 aliphatic rings. The first-order chi connectivity index (χ1) is 6.48. The van der Waals surface area contributed by atoms with Gasteiger partial charge in [-0.05, 0) is 11.3 Å². The van der Waals surface area contributed by atoms with Crippen molar-refractivity contribution in [2.75, 3.05) is 31.8 Å². The van der Waals surface area contributed by atoms with Gasteiger partial charge in [0.25, 0.3) is 0 Å². The van der Waals surface area contributed by atoms with Gasteiger partial charge in [0.1, 0.15) is 0 Å². The Labute approximate surface area is 96.5 Å². The van der Waals surface area contributed by atoms with Gasteiger partial charge in [-0.1, -0.05) is 43.6 Å². The van der Waals surface area contributed by atoms with E-state index in [-0.39, 0.29) is 5.41 Å². The normalized spacial score (nSPS) is 12.4. The van der Waals surface area contributed by atoms with Gasteiger partial charge in [0.2, 0.25) is 0 Å². The molecule has 14 heavy (non-hydrogen) atoms. The van der Waals surface area contributed by atoms with Crippen molar-refractivity contribution < 1.29 is 9.47 Å². The van der Waals surface area contributed by atoms with Crippen molar-refractivity contribution in [3.8, 4) is 0 Å². The number of halogens is 1. The van der Waals surface area contributed by atoms with Crippen LogP contribution in [0.25, 0.3) is 0 Å². The minimum Gasteiger partial charge on any atom is -0.379 e. The first-order valence-electron chi connectivity index (χ1n) is 5.19. The molecule has 0 aromatic heterocycles. The number of alkyl halides is 1. The van der Waals surface area contributed by atoms with Crippen LogP contribution in [0.3, 0.4) is 0 Å². The van der Waals surface area contributed by atoms with Crippen LogP contribution in [0.1, 0.15) is 27.7 Å². The topological polar surface area (TPSA) is 18.5 Å². The molecule has 0 aromatic carbocycles. The Bertz CT molecular complexity index is 135. The first-order valence-corrected chi connectivity index (χ1v) is 6.31. The van der Waals surface area contributed by atoms with Crippen molar-refractivity contribution in [3.05, 3.63) is 0 Å². The molecule has 86 valence electrons. The Morgan fingerprint density at radius 2 is 1.71 bits per heavy atom. The van der Waals surface area contributed by atoms with Crippen molar-refractivity contribution in [3.63, 3.8) is 0 Å². The van der Waals surface area contributed by atoms with E-state index in [1.807, 2.05) is 0 Å². The van der Waals surface area contributed by atoms with Crippen LogP contribution in [-0.4, -0.2) is 31.8 Å². The zero-order valence-electron chi connectivity index (χ0n) is 9.81. The van der Waals surface area contributed by atoms with E-state index in [4.69, 9.17) is 9.47 Å². The van der Waals surface area contributed by atoms with Crippen LogP contribution < -0.4 is 0 Å². The molecule has 0 spiro atoms. The highest BCUT2D eigenvalue weighted by atomic mass is 79.9. The van der Waals surface area contributed by atoms with Crippen LogP contribution in [0.4, 0.5) is 0 Å². The lowest BCUT2D eigenvalue weighted by molar-refractivity contribution is 0.0143. The lowest BCUT2D eigenvalue weighted by Gasteiger charge is -2.21. The molecule has 0 saturated carbocycles. The molecular formula is C11H23BrO2. The highest BCUT2D eigenvalue weighted by Gasteiger charge is 2.15. The van der Waals surface area contributed by atoms with Crippen molar-refractivity contribution in [1.82, 2.24) is 0 Å². The standard InChI is InChI=1S/C11H23BrO2/c1-10(2)7-13-5-6-14-9-11(3,4)8-12/h10H,5-9H2,1-4H3. The maximum atomic E-state index is 5.52. The minimum atomic E-state index is 0.220. The summed E-state index contributed by atoms with van der Waals surface area (Å²) in [6.45, 7) is 11.7. The highest BCUT2D eigenvalue weighted by Crippen LogP contribution is 2.17. The average molecular weight is 267 g/mol. The summed E-state index contributed by atoms with van der Waals surface area (Å²) in [5.74, 6) is 0.606. The first kappa shape index (κ1) is 14.4. The third kappa shape index (κ3) is 8.97. The molecule has 0 rings (SSSR count). The van der Waals surface area contributed by atoms with Gasteiger partial charge in [-0.25, -0.2) is 0 Å². The van der Waals surface area contributed by atoms with E-state index in [2.05, 4.69) is 43.6 Å². The summed E-state index contributed by atoms with van der Waals surface area (Å²) in [4.78, 5) is 0. The molecule has 0 bridgehead atoms. The highest BCUT2D eigenvalue weighted by molar-refractivity contribution is 9.09. The third-order valence-corrected chi connectivity index (χ3v) is 3.20. The van der Waals surface area contributed by atoms with Gasteiger partial charge < -0.3 is 9.47 Å². The van der Waals surface area contributed by atoms with E-state index in [9.17, 15) is 0 Å². The van der Waals surface area contributed by atoms with Crippen LogP contribution in [0.15, 0.2) is 0 Å². The van der Waals surface area contributed by atoms with E-state index >= 15 is 0 Å². The summed E-state index contributed by atoms with van der Waals surface area (Å²) in [5, 5.41) is 0.965. The Kier molecular flexibility index (Phi) is 7.88. The molecule has 3 heteroatoms. The smallest absolute Gasteiger partial charge is 0.0700 e. The van der Waals surface area contributed by atoms with Gasteiger partial charge in [-0.15, -0.1) is 0 Å². The van der Waals surface area contributed by atoms with Crippen molar-refractivity contribution >= 4 is 15.9 Å². The summed E-state index contributed by atoms with van der Waals surface area (Å²) in [6, 6.07) is 0. The molecule has 0 aliphatic carbocycles. The molecule has 0 unspecified atom stereocenters. The van der Waals surface area contributed by atoms with Crippen LogP contribution in [-0.2, 0) is 9.47 Å². The van der Waals surface area contributed by atoms with E-state index in [1.54, 1.807) is 0 Å². The van der Waals surface area contributed by atoms with Crippen LogP contribution in [0.2, 0.25) is 0 Å². The molecule has 0 N–H and O–H groups in total. The van der Waals surface area contributed by atoms with Crippen LogP contribution >= 0.6 is 15.9 Å². The second-order valence-corrected chi connectivity index (χ2v) is 5.38. The molecule has 0 aliphatic heterocycles. The second-order valence-electron chi connectivity index (χ2n) is 4.82. The fraction of sp³-hybridized carbons (Fsp3) is 1.00. The maximum Gasteiger partial charge on any atom is 0.0700 e. The van der Waals surface area contributed by atoms with Gasteiger partial charge in [-0.2, -0.15) is 0 Å². The Balaban J connectivity index is 3.21. The predicted molar refractivity (Wildman–Crippen MR) is 64.1 cm³/mol. The van der Waals surface area contributed by atoms with E-state index in [1.165, 1.54) is 0 Å². The molecule has 2 nitrogen and oxygen atoms in total. The summed E-state index contributed by atoms with van der Waals surface area (Å²) >= 11 is 3.46. The SMILES string of the molecule is CC(C)COCCOCC(C)(C)CBr. The van der Waals surface area contributed by atoms with Crippen LogP contribution in [0.5, 0.6) is 0 Å². The molecule has 0 saturated heterocycles. The van der Waals surface area contributed by atoms with Gasteiger partial charge in [0.15, 0.2) is 0 Å². The number of hydrogen-bond donors (Lipinski definition) is 0. The van der Waals surface area contributed by atoms with Gasteiger partial charge in [0, 0.05) is 11.9 Å². The minimum absolute atomic E-state index is 0.220. The molecule has 0 atom stereocenters. The quantitative estimate of drug-likeness (QED) is 0.497. The molecule has 0 radical (unpaired) electrons. The largest absolute Gasteiger partial charge is 0.379 e. The maximum absolute atomic E-state index is 5.52. The summed E-state index contributed by atoms with van der Waals surface area (Å²) in [6.07, 6.45) is 0. The van der Waals surface area contributed by atoms with Crippen molar-refractivity contribution in [1.29, 1.82) is 0 Å². The number of ether oxygens (including phenoxy) is 2. The van der Waals surface area contributed by atoms with Crippen molar-refractivity contribution in [2.24, 2.45) is 11.3 Å². The Morgan fingerprint density at radius 1 is 1.14 bits per heavy atom. The van der Waals surface area contributed by atoms with Gasteiger partial charge in [0.05, 0.1) is 19.8 Å². The Hall–Kier alpha value is 0.400. The molecule has 0 fully saturated rings. The lowest BCUT2D eigenvalue weighted by Crippen LogP contribution is -2.22. The van der Waals surface area contributed by atoms with Gasteiger partial charge >= 0.3 is 0 Å². The summed E-state index contributed by atoms with van der Waals surface area (Å²) in [7, 11) is 0. The lowest BCUT2D eigenvalue weighted by atomic mass is 9.99. The molecule has 0 amide bonds. The van der Waals surface area contributed by atoms with E-state index < -0.39 is 0 Å². The number of rotatable bonds is 8. The number of hydrogen-bond acceptors (Lipinski definition) is 2. The monoisotopic (exact) mass is 266 g/mol. The summed E-state index contributed by atoms with van der Waals surface area (Å²) in [5.41, 5.74) is 0.220. The third-order valence-electron chi connectivity index (χ3n) is 1.68. The Morgan fingerprint density at radius 3 is 2.21 bits per heavy atom. The predicted octanol–water partition coefficient (Wildman–Crippen LogP) is 3.10. The summed E-state index contributed by atoms with van der Waals surface area (Å²) < 4.78 is 10.9. The zero-order chi connectivity index (χ0) is 11.0. The molecule has 0 heterocycles. The molecule has 0 aromatic rings. The van der Waals surface area contributed by atoms with E-state index in [0.717, 1.165) is 18.5 Å². The average Bonchev–Trinajstić information content (AvgIpc) is 2.10. The molecular weight excluding hydrogens is 244 g/mol. The van der Waals surface area contributed by atoms with Crippen molar-refractivity contribution in [2.45, 2.75) is 27.7 Å². The second kappa shape index (κ2) is 7.66. The zero-order valence-corrected chi connectivity index (χ0v) is 11.4. The fourth-order valence-corrected chi connectivity index (χ4v) is 0.986. The fourth-order valence-electron chi connectivity index (χ4n) is 0.824. The van der Waals surface area contributed by atoms with Crippen LogP contribution in [0, 0.1) is 11.3 Å². The van der Waals surface area contributed by atoms with E-state index in [0.29, 0.717) is 19.1 Å².